The highest BCUT2D eigenvalue weighted by atomic mass is 35.5. The summed E-state index contributed by atoms with van der Waals surface area (Å²) in [6.07, 6.45) is 0. The van der Waals surface area contributed by atoms with Gasteiger partial charge in [0.1, 0.15) is 5.82 Å². The maximum absolute atomic E-state index is 12.9. The molecule has 0 N–H and O–H groups in total. The minimum atomic E-state index is -0.308. The molecule has 0 radical (unpaired) electrons. The monoisotopic (exact) mass is 311 g/mol. The van der Waals surface area contributed by atoms with Gasteiger partial charge in [-0.25, -0.2) is 4.39 Å². The molecule has 20 heavy (non-hydrogen) atoms. The second-order valence-corrected chi connectivity index (χ2v) is 5.14. The number of rotatable bonds is 3. The van der Waals surface area contributed by atoms with E-state index in [-0.39, 0.29) is 11.7 Å². The van der Waals surface area contributed by atoms with E-state index in [9.17, 15) is 9.18 Å². The van der Waals surface area contributed by atoms with Gasteiger partial charge in [-0.3, -0.25) is 4.79 Å². The normalized spacial score (nSPS) is 10.4. The third-order valence-electron chi connectivity index (χ3n) is 2.85. The van der Waals surface area contributed by atoms with Gasteiger partial charge in [0, 0.05) is 12.6 Å². The molecule has 0 spiro atoms. The van der Waals surface area contributed by atoms with Crippen LogP contribution in [0.1, 0.15) is 12.5 Å². The quantitative estimate of drug-likeness (QED) is 0.805. The molecular weight excluding hydrogens is 300 g/mol. The summed E-state index contributed by atoms with van der Waals surface area (Å²) in [6, 6.07) is 11.0. The molecule has 2 aromatic rings. The summed E-state index contributed by atoms with van der Waals surface area (Å²) in [6.45, 7) is 1.81. The summed E-state index contributed by atoms with van der Waals surface area (Å²) in [5, 5.41) is 0.815. The number of hydrogen-bond acceptors (Lipinski definition) is 1. The van der Waals surface area contributed by atoms with Crippen molar-refractivity contribution in [2.24, 2.45) is 0 Å². The van der Waals surface area contributed by atoms with E-state index in [1.807, 2.05) is 0 Å². The van der Waals surface area contributed by atoms with Crippen LogP contribution in [-0.2, 0) is 11.3 Å². The fourth-order valence-electron chi connectivity index (χ4n) is 1.81. The molecule has 5 heteroatoms. The summed E-state index contributed by atoms with van der Waals surface area (Å²) in [7, 11) is 0. The van der Waals surface area contributed by atoms with Crippen LogP contribution in [0.4, 0.5) is 10.1 Å². The maximum Gasteiger partial charge on any atom is 0.224 e. The molecule has 2 nitrogen and oxygen atoms in total. The number of halogens is 3. The van der Waals surface area contributed by atoms with E-state index < -0.39 is 0 Å². The minimum absolute atomic E-state index is 0.132. The van der Waals surface area contributed by atoms with E-state index in [0.717, 1.165) is 5.56 Å². The highest BCUT2D eigenvalue weighted by molar-refractivity contribution is 6.42. The summed E-state index contributed by atoms with van der Waals surface area (Å²) in [4.78, 5) is 13.3. The fourth-order valence-corrected chi connectivity index (χ4v) is 2.10. The Balaban J connectivity index is 2.29. The zero-order chi connectivity index (χ0) is 14.7. The van der Waals surface area contributed by atoms with Gasteiger partial charge in [0.2, 0.25) is 5.91 Å². The van der Waals surface area contributed by atoms with Crippen molar-refractivity contribution in [3.05, 3.63) is 63.9 Å². The van der Waals surface area contributed by atoms with Gasteiger partial charge in [-0.1, -0.05) is 35.3 Å². The van der Waals surface area contributed by atoms with Gasteiger partial charge >= 0.3 is 0 Å². The number of hydrogen-bond donors (Lipinski definition) is 0. The van der Waals surface area contributed by atoms with Crippen molar-refractivity contribution in [1.82, 2.24) is 0 Å². The Morgan fingerprint density at radius 2 is 1.75 bits per heavy atom. The number of amides is 1. The lowest BCUT2D eigenvalue weighted by molar-refractivity contribution is -0.116. The molecule has 0 saturated heterocycles. The predicted molar refractivity (Wildman–Crippen MR) is 79.7 cm³/mol. The average Bonchev–Trinajstić information content (AvgIpc) is 2.41. The molecule has 104 valence electrons. The molecule has 1 amide bonds. The summed E-state index contributed by atoms with van der Waals surface area (Å²) in [5.41, 5.74) is 1.48. The Morgan fingerprint density at radius 3 is 2.30 bits per heavy atom. The molecule has 0 aliphatic rings. The molecule has 0 aliphatic heterocycles. The van der Waals surface area contributed by atoms with Gasteiger partial charge < -0.3 is 4.90 Å². The molecule has 0 heterocycles. The number of anilines is 1. The van der Waals surface area contributed by atoms with Crippen molar-refractivity contribution in [2.45, 2.75) is 13.5 Å². The van der Waals surface area contributed by atoms with Gasteiger partial charge in [0.05, 0.1) is 16.6 Å². The molecular formula is C15H12Cl2FNO. The van der Waals surface area contributed by atoms with Crippen molar-refractivity contribution in [1.29, 1.82) is 0 Å². The van der Waals surface area contributed by atoms with E-state index in [1.165, 1.54) is 19.1 Å². The summed E-state index contributed by atoms with van der Waals surface area (Å²) < 4.78 is 12.9. The number of carbonyl (C=O) groups excluding carboxylic acids is 1. The first-order valence-electron chi connectivity index (χ1n) is 5.95. The van der Waals surface area contributed by atoms with E-state index in [1.54, 1.807) is 35.2 Å². The third-order valence-corrected chi connectivity index (χ3v) is 3.59. The predicted octanol–water partition coefficient (Wildman–Crippen LogP) is 4.69. The topological polar surface area (TPSA) is 20.3 Å². The zero-order valence-corrected chi connectivity index (χ0v) is 12.2. The standard InChI is InChI=1S/C15H12Cl2FNO/c1-10(20)19(9-11-2-4-12(18)5-3-11)13-6-7-14(16)15(17)8-13/h2-8H,9H2,1H3. The van der Waals surface area contributed by atoms with Gasteiger partial charge in [-0.05, 0) is 35.9 Å². The van der Waals surface area contributed by atoms with Gasteiger partial charge in [-0.15, -0.1) is 0 Å². The van der Waals surface area contributed by atoms with Crippen molar-refractivity contribution in [2.75, 3.05) is 4.90 Å². The van der Waals surface area contributed by atoms with Crippen LogP contribution in [0.25, 0.3) is 0 Å². The van der Waals surface area contributed by atoms with Crippen LogP contribution >= 0.6 is 23.2 Å². The molecule has 0 atom stereocenters. The maximum atomic E-state index is 12.9. The van der Waals surface area contributed by atoms with Crippen LogP contribution in [0.15, 0.2) is 42.5 Å². The van der Waals surface area contributed by atoms with Crippen molar-refractivity contribution in [3.63, 3.8) is 0 Å². The van der Waals surface area contributed by atoms with Gasteiger partial charge in [0.25, 0.3) is 0 Å². The second kappa shape index (κ2) is 6.25. The Labute approximate surface area is 126 Å². The molecule has 0 unspecified atom stereocenters. The summed E-state index contributed by atoms with van der Waals surface area (Å²) >= 11 is 11.8. The molecule has 0 bridgehead atoms. The van der Waals surface area contributed by atoms with Crippen molar-refractivity contribution >= 4 is 34.8 Å². The lowest BCUT2D eigenvalue weighted by atomic mass is 10.2. The fraction of sp³-hybridized carbons (Fsp3) is 0.133. The lowest BCUT2D eigenvalue weighted by Gasteiger charge is -2.21. The number of carbonyl (C=O) groups is 1. The average molecular weight is 312 g/mol. The van der Waals surface area contributed by atoms with Gasteiger partial charge in [-0.2, -0.15) is 0 Å². The van der Waals surface area contributed by atoms with E-state index >= 15 is 0 Å². The molecule has 2 rings (SSSR count). The van der Waals surface area contributed by atoms with Crippen LogP contribution in [0.3, 0.4) is 0 Å². The molecule has 0 saturated carbocycles. The third kappa shape index (κ3) is 3.50. The van der Waals surface area contributed by atoms with Crippen molar-refractivity contribution < 1.29 is 9.18 Å². The number of nitrogens with zero attached hydrogens (tertiary/aromatic N) is 1. The largest absolute Gasteiger partial charge is 0.308 e. The van der Waals surface area contributed by atoms with Crippen LogP contribution in [-0.4, -0.2) is 5.91 Å². The van der Waals surface area contributed by atoms with E-state index in [0.29, 0.717) is 22.3 Å². The van der Waals surface area contributed by atoms with Crippen molar-refractivity contribution in [3.8, 4) is 0 Å². The summed E-state index contributed by atoms with van der Waals surface area (Å²) in [5.74, 6) is -0.439. The van der Waals surface area contributed by atoms with E-state index in [2.05, 4.69) is 0 Å². The van der Waals surface area contributed by atoms with E-state index in [4.69, 9.17) is 23.2 Å². The molecule has 0 fully saturated rings. The first kappa shape index (κ1) is 14.8. The van der Waals surface area contributed by atoms with Crippen LogP contribution in [0.2, 0.25) is 10.0 Å². The highest BCUT2D eigenvalue weighted by Gasteiger charge is 2.13. The zero-order valence-electron chi connectivity index (χ0n) is 10.7. The number of benzene rings is 2. The highest BCUT2D eigenvalue weighted by Crippen LogP contribution is 2.28. The SMILES string of the molecule is CC(=O)N(Cc1ccc(F)cc1)c1ccc(Cl)c(Cl)c1. The van der Waals surface area contributed by atoms with Crippen LogP contribution in [0, 0.1) is 5.82 Å². The molecule has 2 aromatic carbocycles. The smallest absolute Gasteiger partial charge is 0.224 e. The Bertz CT molecular complexity index is 628. The van der Waals surface area contributed by atoms with Crippen LogP contribution in [0.5, 0.6) is 0 Å². The Kier molecular flexibility index (Phi) is 4.63. The first-order valence-corrected chi connectivity index (χ1v) is 6.70. The minimum Gasteiger partial charge on any atom is -0.308 e. The molecule has 0 aliphatic carbocycles. The van der Waals surface area contributed by atoms with Gasteiger partial charge in [0.15, 0.2) is 0 Å². The van der Waals surface area contributed by atoms with Crippen LogP contribution < -0.4 is 4.90 Å². The Hall–Kier alpha value is -1.58. The molecule has 0 aromatic heterocycles. The Morgan fingerprint density at radius 1 is 1.10 bits per heavy atom. The lowest BCUT2D eigenvalue weighted by Crippen LogP contribution is -2.27. The second-order valence-electron chi connectivity index (χ2n) is 4.33. The first-order chi connectivity index (χ1) is 9.47.